The fraction of sp³-hybridized carbons (Fsp3) is 0.0625. The molecule has 3 aromatic rings. The second-order valence-electron chi connectivity index (χ2n) is 5.14. The third-order valence-corrected chi connectivity index (χ3v) is 3.90. The molecule has 0 radical (unpaired) electrons. The summed E-state index contributed by atoms with van der Waals surface area (Å²) in [6, 6.07) is 6.89. The van der Waals surface area contributed by atoms with Gasteiger partial charge in [0, 0.05) is 17.6 Å². The van der Waals surface area contributed by atoms with E-state index < -0.39 is 32.8 Å². The number of phenols is 1. The SMILES string of the molecule is O=[N+]([O-])c1cc(Cl)c2c(C(F)(F)F)ccnc2c1-c1ccc(O)cc1. The fourth-order valence-corrected chi connectivity index (χ4v) is 2.87. The Hall–Kier alpha value is -2.87. The highest BCUT2D eigenvalue weighted by Crippen LogP contribution is 2.44. The van der Waals surface area contributed by atoms with Gasteiger partial charge >= 0.3 is 6.18 Å². The van der Waals surface area contributed by atoms with Crippen LogP contribution in [0.5, 0.6) is 5.75 Å². The topological polar surface area (TPSA) is 76.3 Å². The molecule has 3 rings (SSSR count). The summed E-state index contributed by atoms with van der Waals surface area (Å²) in [6.45, 7) is 0. The number of nitrogens with zero attached hydrogens (tertiary/aromatic N) is 2. The van der Waals surface area contributed by atoms with E-state index >= 15 is 0 Å². The van der Waals surface area contributed by atoms with E-state index in [1.807, 2.05) is 0 Å². The number of fused-ring (bicyclic) bond motifs is 1. The summed E-state index contributed by atoms with van der Waals surface area (Å²) in [6.07, 6.45) is -3.78. The number of rotatable bonds is 2. The summed E-state index contributed by atoms with van der Waals surface area (Å²) >= 11 is 5.92. The molecule has 0 amide bonds. The average molecular weight is 369 g/mol. The lowest BCUT2D eigenvalue weighted by Gasteiger charge is -2.14. The molecule has 128 valence electrons. The first-order chi connectivity index (χ1) is 11.7. The van der Waals surface area contributed by atoms with Gasteiger partial charge in [0.15, 0.2) is 0 Å². The van der Waals surface area contributed by atoms with Crippen molar-refractivity contribution in [2.24, 2.45) is 0 Å². The van der Waals surface area contributed by atoms with Gasteiger partial charge in [-0.1, -0.05) is 23.7 Å². The van der Waals surface area contributed by atoms with Gasteiger partial charge in [0.25, 0.3) is 5.69 Å². The third-order valence-electron chi connectivity index (χ3n) is 3.60. The van der Waals surface area contributed by atoms with Crippen LogP contribution in [0.4, 0.5) is 18.9 Å². The molecule has 0 atom stereocenters. The van der Waals surface area contributed by atoms with Gasteiger partial charge in [-0.15, -0.1) is 0 Å². The number of aromatic hydroxyl groups is 1. The predicted molar refractivity (Wildman–Crippen MR) is 85.5 cm³/mol. The van der Waals surface area contributed by atoms with Crippen LogP contribution in [-0.4, -0.2) is 15.0 Å². The van der Waals surface area contributed by atoms with Crippen molar-refractivity contribution in [1.82, 2.24) is 4.98 Å². The van der Waals surface area contributed by atoms with Crippen LogP contribution in [0.25, 0.3) is 22.0 Å². The van der Waals surface area contributed by atoms with E-state index in [-0.39, 0.29) is 22.4 Å². The van der Waals surface area contributed by atoms with Crippen LogP contribution in [0.15, 0.2) is 42.6 Å². The molecule has 25 heavy (non-hydrogen) atoms. The monoisotopic (exact) mass is 368 g/mol. The molecule has 5 nitrogen and oxygen atoms in total. The minimum Gasteiger partial charge on any atom is -0.508 e. The van der Waals surface area contributed by atoms with Gasteiger partial charge in [-0.05, 0) is 23.8 Å². The third kappa shape index (κ3) is 2.96. The number of hydrogen-bond acceptors (Lipinski definition) is 4. The molecule has 0 saturated carbocycles. The maximum absolute atomic E-state index is 13.3. The highest BCUT2D eigenvalue weighted by atomic mass is 35.5. The van der Waals surface area contributed by atoms with Crippen LogP contribution >= 0.6 is 11.6 Å². The van der Waals surface area contributed by atoms with E-state index in [1.54, 1.807) is 0 Å². The summed E-state index contributed by atoms with van der Waals surface area (Å²) in [7, 11) is 0. The van der Waals surface area contributed by atoms with Crippen LogP contribution in [0.2, 0.25) is 5.02 Å². The molecule has 0 spiro atoms. The van der Waals surface area contributed by atoms with E-state index in [1.165, 1.54) is 24.3 Å². The molecule has 1 heterocycles. The zero-order chi connectivity index (χ0) is 18.4. The summed E-state index contributed by atoms with van der Waals surface area (Å²) in [5.41, 5.74) is -1.61. The van der Waals surface area contributed by atoms with E-state index in [0.717, 1.165) is 18.3 Å². The standard InChI is InChI=1S/C16H8ClF3N2O3/c17-11-7-12(22(24)25)13(8-1-3-9(23)4-2-8)15-14(11)10(5-6-21-15)16(18,19)20/h1-7,23H. The summed E-state index contributed by atoms with van der Waals surface area (Å²) < 4.78 is 39.9. The average Bonchev–Trinajstić information content (AvgIpc) is 2.54. The van der Waals surface area contributed by atoms with Crippen molar-refractivity contribution >= 4 is 28.2 Å². The summed E-state index contributed by atoms with van der Waals surface area (Å²) in [5, 5.41) is 19.9. The fourth-order valence-electron chi connectivity index (χ4n) is 2.57. The summed E-state index contributed by atoms with van der Waals surface area (Å²) in [4.78, 5) is 14.6. The number of pyridine rings is 1. The molecule has 0 aliphatic carbocycles. The number of halogens is 4. The molecule has 1 N–H and O–H groups in total. The highest BCUT2D eigenvalue weighted by Gasteiger charge is 2.35. The van der Waals surface area contributed by atoms with Crippen LogP contribution in [0, 0.1) is 10.1 Å². The number of nitro benzene ring substituents is 1. The van der Waals surface area contributed by atoms with Gasteiger partial charge in [-0.3, -0.25) is 15.1 Å². The van der Waals surface area contributed by atoms with Crippen molar-refractivity contribution in [1.29, 1.82) is 0 Å². The van der Waals surface area contributed by atoms with Gasteiger partial charge in [-0.25, -0.2) is 0 Å². The Balaban J connectivity index is 2.49. The second-order valence-corrected chi connectivity index (χ2v) is 5.54. The molecule has 0 aliphatic heterocycles. The molecule has 2 aromatic carbocycles. The highest BCUT2D eigenvalue weighted by molar-refractivity contribution is 6.36. The zero-order valence-electron chi connectivity index (χ0n) is 12.2. The number of nitro groups is 1. The number of phenolic OH excluding ortho intramolecular Hbond substituents is 1. The minimum absolute atomic E-state index is 0.0892. The molecular weight excluding hydrogens is 361 g/mol. The van der Waals surface area contributed by atoms with Crippen molar-refractivity contribution in [2.45, 2.75) is 6.18 Å². The first-order valence-electron chi connectivity index (χ1n) is 6.82. The Morgan fingerprint density at radius 3 is 2.36 bits per heavy atom. The number of alkyl halides is 3. The number of aromatic nitrogens is 1. The Kier molecular flexibility index (Phi) is 4.00. The Morgan fingerprint density at radius 2 is 1.80 bits per heavy atom. The maximum atomic E-state index is 13.3. The van der Waals surface area contributed by atoms with Crippen molar-refractivity contribution < 1.29 is 23.2 Å². The first kappa shape index (κ1) is 17.0. The van der Waals surface area contributed by atoms with Gasteiger partial charge in [0.05, 0.1) is 26.6 Å². The van der Waals surface area contributed by atoms with E-state index in [2.05, 4.69) is 4.98 Å². The number of benzene rings is 2. The molecule has 0 saturated heterocycles. The molecular formula is C16H8ClF3N2O3. The van der Waals surface area contributed by atoms with Crippen molar-refractivity contribution in [2.75, 3.05) is 0 Å². The normalized spacial score (nSPS) is 11.7. The maximum Gasteiger partial charge on any atom is 0.417 e. The van der Waals surface area contributed by atoms with E-state index in [0.29, 0.717) is 0 Å². The zero-order valence-corrected chi connectivity index (χ0v) is 13.0. The quantitative estimate of drug-likeness (QED) is 0.499. The second kappa shape index (κ2) is 5.89. The smallest absolute Gasteiger partial charge is 0.417 e. The van der Waals surface area contributed by atoms with E-state index in [9.17, 15) is 28.4 Å². The Bertz CT molecular complexity index is 989. The molecule has 9 heteroatoms. The molecule has 0 unspecified atom stereocenters. The molecule has 0 fully saturated rings. The summed E-state index contributed by atoms with van der Waals surface area (Å²) in [5.74, 6) is -0.0892. The van der Waals surface area contributed by atoms with Crippen LogP contribution in [-0.2, 0) is 6.18 Å². The van der Waals surface area contributed by atoms with Crippen LogP contribution < -0.4 is 0 Å². The van der Waals surface area contributed by atoms with E-state index in [4.69, 9.17) is 11.6 Å². The lowest BCUT2D eigenvalue weighted by Crippen LogP contribution is -2.07. The first-order valence-corrected chi connectivity index (χ1v) is 7.20. The Morgan fingerprint density at radius 1 is 1.16 bits per heavy atom. The predicted octanol–water partition coefficient (Wildman–Crippen LogP) is 5.19. The van der Waals surface area contributed by atoms with Crippen LogP contribution in [0.1, 0.15) is 5.56 Å². The van der Waals surface area contributed by atoms with Crippen molar-refractivity contribution in [3.05, 3.63) is 63.3 Å². The Labute approximate surface area is 143 Å². The van der Waals surface area contributed by atoms with Gasteiger partial charge < -0.3 is 5.11 Å². The molecule has 0 bridgehead atoms. The lowest BCUT2D eigenvalue weighted by molar-refractivity contribution is -0.384. The van der Waals surface area contributed by atoms with Crippen LogP contribution in [0.3, 0.4) is 0 Å². The van der Waals surface area contributed by atoms with Crippen molar-refractivity contribution in [3.8, 4) is 16.9 Å². The van der Waals surface area contributed by atoms with Gasteiger partial charge in [0.1, 0.15) is 5.75 Å². The largest absolute Gasteiger partial charge is 0.508 e. The van der Waals surface area contributed by atoms with Gasteiger partial charge in [-0.2, -0.15) is 13.2 Å². The lowest BCUT2D eigenvalue weighted by atomic mass is 9.97. The molecule has 0 aliphatic rings. The molecule has 1 aromatic heterocycles. The van der Waals surface area contributed by atoms with Gasteiger partial charge in [0.2, 0.25) is 0 Å². The van der Waals surface area contributed by atoms with Crippen molar-refractivity contribution in [3.63, 3.8) is 0 Å². The number of hydrogen-bond donors (Lipinski definition) is 1. The minimum atomic E-state index is -4.70.